The van der Waals surface area contributed by atoms with Crippen molar-refractivity contribution in [1.29, 1.82) is 0 Å². The first-order valence-corrected chi connectivity index (χ1v) is 8.11. The molecule has 0 saturated heterocycles. The van der Waals surface area contributed by atoms with Crippen molar-refractivity contribution >= 4 is 0 Å². The first-order chi connectivity index (χ1) is 8.35. The lowest BCUT2D eigenvalue weighted by Gasteiger charge is -2.34. The van der Waals surface area contributed by atoms with Crippen LogP contribution in [0.1, 0.15) is 78.1 Å². The Morgan fingerprint density at radius 1 is 0.941 bits per heavy atom. The molecule has 2 rings (SSSR count). The first kappa shape index (κ1) is 13.4. The number of hydrogen-bond donors (Lipinski definition) is 1. The molecule has 0 amide bonds. The van der Waals surface area contributed by atoms with Gasteiger partial charge in [-0.15, -0.1) is 0 Å². The molecule has 0 spiro atoms. The minimum absolute atomic E-state index is 0.812. The molecule has 17 heavy (non-hydrogen) atoms. The summed E-state index contributed by atoms with van der Waals surface area (Å²) in [6.07, 6.45) is 14.5. The lowest BCUT2D eigenvalue weighted by molar-refractivity contribution is 0.228. The van der Waals surface area contributed by atoms with Crippen molar-refractivity contribution in [3.8, 4) is 0 Å². The quantitative estimate of drug-likeness (QED) is 0.741. The second-order valence-corrected chi connectivity index (χ2v) is 6.29. The van der Waals surface area contributed by atoms with Gasteiger partial charge in [0.25, 0.3) is 0 Å². The molecule has 1 N–H and O–H groups in total. The van der Waals surface area contributed by atoms with Gasteiger partial charge in [-0.25, -0.2) is 0 Å². The van der Waals surface area contributed by atoms with E-state index in [0.29, 0.717) is 0 Å². The van der Waals surface area contributed by atoms with Crippen molar-refractivity contribution in [2.75, 3.05) is 0 Å². The van der Waals surface area contributed by atoms with E-state index in [1.807, 2.05) is 0 Å². The van der Waals surface area contributed by atoms with E-state index in [9.17, 15) is 0 Å². The van der Waals surface area contributed by atoms with Gasteiger partial charge in [0.05, 0.1) is 0 Å². The van der Waals surface area contributed by atoms with Crippen molar-refractivity contribution in [3.05, 3.63) is 0 Å². The zero-order valence-corrected chi connectivity index (χ0v) is 11.9. The Kier molecular flexibility index (Phi) is 5.34. The minimum Gasteiger partial charge on any atom is -0.311 e. The van der Waals surface area contributed by atoms with Crippen molar-refractivity contribution in [2.45, 2.75) is 90.1 Å². The summed E-state index contributed by atoms with van der Waals surface area (Å²) < 4.78 is 0. The van der Waals surface area contributed by atoms with Gasteiger partial charge in [0.15, 0.2) is 0 Å². The summed E-state index contributed by atoms with van der Waals surface area (Å²) >= 11 is 0. The first-order valence-electron chi connectivity index (χ1n) is 8.11. The normalized spacial score (nSPS) is 32.8. The number of hydrogen-bond acceptors (Lipinski definition) is 1. The smallest absolute Gasteiger partial charge is 0.00979 e. The maximum atomic E-state index is 4.04. The van der Waals surface area contributed by atoms with Crippen LogP contribution < -0.4 is 5.32 Å². The van der Waals surface area contributed by atoms with Crippen LogP contribution in [0.5, 0.6) is 0 Å². The fraction of sp³-hybridized carbons (Fsp3) is 1.00. The summed E-state index contributed by atoms with van der Waals surface area (Å²) in [4.78, 5) is 0. The molecule has 0 aromatic rings. The Hall–Kier alpha value is -0.0400. The van der Waals surface area contributed by atoms with Gasteiger partial charge in [0.1, 0.15) is 0 Å². The van der Waals surface area contributed by atoms with E-state index in [2.05, 4.69) is 19.2 Å². The summed E-state index contributed by atoms with van der Waals surface area (Å²) in [6, 6.07) is 1.65. The highest BCUT2D eigenvalue weighted by Gasteiger charge is 2.30. The average Bonchev–Trinajstić information content (AvgIpc) is 2.84. The summed E-state index contributed by atoms with van der Waals surface area (Å²) in [5, 5.41) is 4.04. The van der Waals surface area contributed by atoms with Crippen LogP contribution >= 0.6 is 0 Å². The third kappa shape index (κ3) is 3.47. The molecule has 0 aromatic heterocycles. The van der Waals surface area contributed by atoms with E-state index in [4.69, 9.17) is 0 Å². The van der Waals surface area contributed by atoms with Crippen molar-refractivity contribution < 1.29 is 0 Å². The van der Waals surface area contributed by atoms with E-state index >= 15 is 0 Å². The maximum absolute atomic E-state index is 4.04. The zero-order valence-electron chi connectivity index (χ0n) is 11.9. The second-order valence-electron chi connectivity index (χ2n) is 6.29. The van der Waals surface area contributed by atoms with Gasteiger partial charge in [-0.3, -0.25) is 0 Å². The third-order valence-electron chi connectivity index (χ3n) is 5.27. The van der Waals surface area contributed by atoms with Crippen molar-refractivity contribution in [1.82, 2.24) is 5.32 Å². The van der Waals surface area contributed by atoms with Gasteiger partial charge in [-0.1, -0.05) is 46.0 Å². The summed E-state index contributed by atoms with van der Waals surface area (Å²) in [6.45, 7) is 4.74. The lowest BCUT2D eigenvalue weighted by Crippen LogP contribution is -2.44. The monoisotopic (exact) mass is 237 g/mol. The SMILES string of the molecule is CCC1CCCC1NC(CC)C1CCCCC1. The molecule has 0 aromatic carbocycles. The topological polar surface area (TPSA) is 12.0 Å². The average molecular weight is 237 g/mol. The van der Waals surface area contributed by atoms with Gasteiger partial charge < -0.3 is 5.32 Å². The molecule has 3 atom stereocenters. The van der Waals surface area contributed by atoms with E-state index in [-0.39, 0.29) is 0 Å². The highest BCUT2D eigenvalue weighted by Crippen LogP contribution is 2.32. The summed E-state index contributed by atoms with van der Waals surface area (Å²) in [5.74, 6) is 1.94. The molecule has 0 aliphatic heterocycles. The molecule has 2 aliphatic carbocycles. The molecular weight excluding hydrogens is 206 g/mol. The Morgan fingerprint density at radius 3 is 2.35 bits per heavy atom. The molecule has 3 unspecified atom stereocenters. The van der Waals surface area contributed by atoms with Crippen LogP contribution in [0.25, 0.3) is 0 Å². The molecule has 2 fully saturated rings. The summed E-state index contributed by atoms with van der Waals surface area (Å²) in [7, 11) is 0. The van der Waals surface area contributed by atoms with Gasteiger partial charge in [0, 0.05) is 12.1 Å². The second kappa shape index (κ2) is 6.78. The maximum Gasteiger partial charge on any atom is 0.00979 e. The Balaban J connectivity index is 1.85. The van der Waals surface area contributed by atoms with Crippen LogP contribution in [-0.4, -0.2) is 12.1 Å². The number of rotatable bonds is 5. The fourth-order valence-corrected chi connectivity index (χ4v) is 4.14. The highest BCUT2D eigenvalue weighted by atomic mass is 15.0. The molecule has 2 aliphatic rings. The van der Waals surface area contributed by atoms with E-state index < -0.39 is 0 Å². The van der Waals surface area contributed by atoms with Crippen LogP contribution in [0.3, 0.4) is 0 Å². The fourth-order valence-electron chi connectivity index (χ4n) is 4.14. The van der Waals surface area contributed by atoms with Crippen LogP contribution in [0, 0.1) is 11.8 Å². The lowest BCUT2D eigenvalue weighted by atomic mass is 9.82. The van der Waals surface area contributed by atoms with Crippen molar-refractivity contribution in [3.63, 3.8) is 0 Å². The van der Waals surface area contributed by atoms with Gasteiger partial charge in [-0.05, 0) is 43.9 Å². The van der Waals surface area contributed by atoms with Gasteiger partial charge in [0.2, 0.25) is 0 Å². The molecular formula is C16H31N. The molecule has 2 saturated carbocycles. The summed E-state index contributed by atoms with van der Waals surface area (Å²) in [5.41, 5.74) is 0. The van der Waals surface area contributed by atoms with Crippen LogP contribution in [-0.2, 0) is 0 Å². The van der Waals surface area contributed by atoms with E-state index in [0.717, 1.165) is 23.9 Å². The Bertz CT molecular complexity index is 208. The molecule has 1 nitrogen and oxygen atoms in total. The van der Waals surface area contributed by atoms with Crippen LogP contribution in [0.15, 0.2) is 0 Å². The van der Waals surface area contributed by atoms with Crippen molar-refractivity contribution in [2.24, 2.45) is 11.8 Å². The van der Waals surface area contributed by atoms with Crippen LogP contribution in [0.4, 0.5) is 0 Å². The molecule has 100 valence electrons. The molecule has 0 radical (unpaired) electrons. The van der Waals surface area contributed by atoms with Gasteiger partial charge in [-0.2, -0.15) is 0 Å². The molecule has 1 heteroatoms. The van der Waals surface area contributed by atoms with E-state index in [1.54, 1.807) is 0 Å². The van der Waals surface area contributed by atoms with E-state index in [1.165, 1.54) is 64.2 Å². The Morgan fingerprint density at radius 2 is 1.71 bits per heavy atom. The minimum atomic E-state index is 0.812. The van der Waals surface area contributed by atoms with Gasteiger partial charge >= 0.3 is 0 Å². The van der Waals surface area contributed by atoms with Crippen LogP contribution in [0.2, 0.25) is 0 Å². The largest absolute Gasteiger partial charge is 0.311 e. The highest BCUT2D eigenvalue weighted by molar-refractivity contribution is 4.87. The standard InChI is InChI=1S/C16H31N/c1-3-13-11-8-12-16(13)17-15(4-2)14-9-6-5-7-10-14/h13-17H,3-12H2,1-2H3. The zero-order chi connectivity index (χ0) is 12.1. The molecule has 0 bridgehead atoms. The number of nitrogens with one attached hydrogen (secondary N) is 1. The predicted octanol–water partition coefficient (Wildman–Crippen LogP) is 4.51. The Labute approximate surface area is 108 Å². The predicted molar refractivity (Wildman–Crippen MR) is 75.2 cm³/mol. The molecule has 0 heterocycles. The third-order valence-corrected chi connectivity index (χ3v) is 5.27.